The van der Waals surface area contributed by atoms with E-state index in [1.807, 2.05) is 27.0 Å². The number of nitrogen functional groups attached to an aromatic ring is 1. The summed E-state index contributed by atoms with van der Waals surface area (Å²) in [4.78, 5) is 8.79. The molecule has 1 rings (SSSR count). The normalized spacial score (nSPS) is 10.8. The summed E-state index contributed by atoms with van der Waals surface area (Å²) < 4.78 is 0. The van der Waals surface area contributed by atoms with Gasteiger partial charge < -0.3 is 15.5 Å². The van der Waals surface area contributed by atoms with Gasteiger partial charge in [-0.05, 0) is 52.5 Å². The van der Waals surface area contributed by atoms with Gasteiger partial charge in [-0.2, -0.15) is 0 Å². The van der Waals surface area contributed by atoms with E-state index in [4.69, 9.17) is 11.1 Å². The van der Waals surface area contributed by atoms with Crippen LogP contribution in [0.1, 0.15) is 23.2 Å². The minimum atomic E-state index is 0.0828. The lowest BCUT2D eigenvalue weighted by Crippen LogP contribution is -2.27. The summed E-state index contributed by atoms with van der Waals surface area (Å²) in [7, 11) is 6.13. The zero-order valence-electron chi connectivity index (χ0n) is 12.6. The summed E-state index contributed by atoms with van der Waals surface area (Å²) >= 11 is 0. The van der Waals surface area contributed by atoms with Crippen LogP contribution in [-0.4, -0.2) is 50.0 Å². The number of nitrogens with two attached hydrogens (primary N) is 1. The highest BCUT2D eigenvalue weighted by Crippen LogP contribution is 2.21. The summed E-state index contributed by atoms with van der Waals surface area (Å²) in [5.74, 6) is 0.892. The standard InChI is InChI=1S/C14H25N5/c1-10-9-11(2)17-14(12(10)13(15)16)19(5)8-6-7-18(3)4/h9H,6-8H2,1-5H3,(H3,15,16). The van der Waals surface area contributed by atoms with E-state index in [2.05, 4.69) is 28.9 Å². The SMILES string of the molecule is Cc1cc(C)c(C(=N)N)c(N(C)CCCN(C)C)n1. The predicted octanol–water partition coefficient (Wildman–Crippen LogP) is 1.37. The Morgan fingerprint density at radius 3 is 2.42 bits per heavy atom. The van der Waals surface area contributed by atoms with Crippen molar-refractivity contribution in [1.29, 1.82) is 5.41 Å². The number of hydrogen-bond acceptors (Lipinski definition) is 4. The van der Waals surface area contributed by atoms with E-state index >= 15 is 0 Å². The molecule has 0 fully saturated rings. The first-order valence-corrected chi connectivity index (χ1v) is 6.51. The molecule has 0 aliphatic carbocycles. The highest BCUT2D eigenvalue weighted by Gasteiger charge is 2.15. The molecule has 0 aromatic carbocycles. The van der Waals surface area contributed by atoms with E-state index in [9.17, 15) is 0 Å². The maximum Gasteiger partial charge on any atom is 0.139 e. The first-order valence-electron chi connectivity index (χ1n) is 6.51. The summed E-state index contributed by atoms with van der Waals surface area (Å²) in [6, 6.07) is 1.97. The van der Waals surface area contributed by atoms with Gasteiger partial charge in [-0.15, -0.1) is 0 Å². The second kappa shape index (κ2) is 6.52. The third kappa shape index (κ3) is 4.21. The molecule has 0 radical (unpaired) electrons. The van der Waals surface area contributed by atoms with E-state index in [1.165, 1.54) is 0 Å². The van der Waals surface area contributed by atoms with E-state index < -0.39 is 0 Å². The molecule has 0 aliphatic rings. The fourth-order valence-electron chi connectivity index (χ4n) is 2.16. The van der Waals surface area contributed by atoms with Gasteiger partial charge >= 0.3 is 0 Å². The molecular formula is C14H25N5. The monoisotopic (exact) mass is 263 g/mol. The lowest BCUT2D eigenvalue weighted by Gasteiger charge is -2.23. The van der Waals surface area contributed by atoms with Crippen LogP contribution in [0.5, 0.6) is 0 Å². The molecule has 0 atom stereocenters. The molecule has 0 spiro atoms. The van der Waals surface area contributed by atoms with Gasteiger partial charge in [-0.1, -0.05) is 0 Å². The molecule has 0 unspecified atom stereocenters. The Morgan fingerprint density at radius 2 is 1.89 bits per heavy atom. The molecule has 0 bridgehead atoms. The molecule has 1 aromatic rings. The average molecular weight is 263 g/mol. The molecule has 0 saturated carbocycles. The van der Waals surface area contributed by atoms with Crippen molar-refractivity contribution in [2.24, 2.45) is 5.73 Å². The Balaban J connectivity index is 2.94. The topological polar surface area (TPSA) is 69.2 Å². The Labute approximate surface area is 115 Å². The van der Waals surface area contributed by atoms with Crippen molar-refractivity contribution in [3.8, 4) is 0 Å². The van der Waals surface area contributed by atoms with E-state index in [1.54, 1.807) is 0 Å². The minimum Gasteiger partial charge on any atom is -0.384 e. The van der Waals surface area contributed by atoms with Gasteiger partial charge in [0.15, 0.2) is 0 Å². The summed E-state index contributed by atoms with van der Waals surface area (Å²) in [6.45, 7) is 5.87. The van der Waals surface area contributed by atoms with Gasteiger partial charge in [0.05, 0.1) is 5.56 Å². The lowest BCUT2D eigenvalue weighted by atomic mass is 10.1. The van der Waals surface area contributed by atoms with Gasteiger partial charge in [0.2, 0.25) is 0 Å². The number of hydrogen-bond donors (Lipinski definition) is 2. The Bertz CT molecular complexity index is 453. The van der Waals surface area contributed by atoms with Crippen LogP contribution in [0.15, 0.2) is 6.07 Å². The summed E-state index contributed by atoms with van der Waals surface area (Å²) in [5, 5.41) is 7.73. The van der Waals surface area contributed by atoms with Crippen LogP contribution in [0.25, 0.3) is 0 Å². The van der Waals surface area contributed by atoms with Crippen molar-refractivity contribution in [2.45, 2.75) is 20.3 Å². The maximum atomic E-state index is 7.73. The number of rotatable bonds is 6. The number of nitrogens with zero attached hydrogens (tertiary/aromatic N) is 3. The van der Waals surface area contributed by atoms with Crippen LogP contribution in [0.4, 0.5) is 5.82 Å². The first-order chi connectivity index (χ1) is 8.82. The van der Waals surface area contributed by atoms with Gasteiger partial charge in [0.1, 0.15) is 11.7 Å². The van der Waals surface area contributed by atoms with Gasteiger partial charge in [0.25, 0.3) is 0 Å². The predicted molar refractivity (Wildman–Crippen MR) is 81.2 cm³/mol. The van der Waals surface area contributed by atoms with Crippen LogP contribution in [0.2, 0.25) is 0 Å². The van der Waals surface area contributed by atoms with Crippen LogP contribution in [-0.2, 0) is 0 Å². The quantitative estimate of drug-likeness (QED) is 0.601. The fraction of sp³-hybridized carbons (Fsp3) is 0.571. The number of nitrogens with one attached hydrogen (secondary N) is 1. The smallest absolute Gasteiger partial charge is 0.139 e. The van der Waals surface area contributed by atoms with E-state index in [0.717, 1.165) is 42.1 Å². The molecule has 0 saturated heterocycles. The fourth-order valence-corrected chi connectivity index (χ4v) is 2.16. The Hall–Kier alpha value is -1.62. The third-order valence-corrected chi connectivity index (χ3v) is 3.06. The zero-order chi connectivity index (χ0) is 14.6. The largest absolute Gasteiger partial charge is 0.384 e. The molecule has 3 N–H and O–H groups in total. The molecule has 1 heterocycles. The molecule has 0 aliphatic heterocycles. The third-order valence-electron chi connectivity index (χ3n) is 3.06. The second-order valence-electron chi connectivity index (χ2n) is 5.27. The molecule has 5 nitrogen and oxygen atoms in total. The number of anilines is 1. The molecule has 106 valence electrons. The van der Waals surface area contributed by atoms with Crippen molar-refractivity contribution >= 4 is 11.7 Å². The van der Waals surface area contributed by atoms with Crippen LogP contribution in [0.3, 0.4) is 0 Å². The maximum absolute atomic E-state index is 7.73. The van der Waals surface area contributed by atoms with Crippen molar-refractivity contribution < 1.29 is 0 Å². The molecule has 1 aromatic heterocycles. The van der Waals surface area contributed by atoms with Crippen molar-refractivity contribution in [2.75, 3.05) is 39.1 Å². The van der Waals surface area contributed by atoms with Crippen LogP contribution < -0.4 is 10.6 Å². The van der Waals surface area contributed by atoms with E-state index in [-0.39, 0.29) is 5.84 Å². The van der Waals surface area contributed by atoms with Crippen molar-refractivity contribution in [1.82, 2.24) is 9.88 Å². The van der Waals surface area contributed by atoms with E-state index in [0.29, 0.717) is 0 Å². The molecule has 5 heteroatoms. The highest BCUT2D eigenvalue weighted by atomic mass is 15.2. The van der Waals surface area contributed by atoms with Gasteiger partial charge in [-0.3, -0.25) is 5.41 Å². The summed E-state index contributed by atoms with van der Waals surface area (Å²) in [6.07, 6.45) is 1.05. The lowest BCUT2D eigenvalue weighted by molar-refractivity contribution is 0.401. The Kier molecular flexibility index (Phi) is 5.30. The van der Waals surface area contributed by atoms with Crippen molar-refractivity contribution in [3.05, 3.63) is 22.9 Å². The average Bonchev–Trinajstić information content (AvgIpc) is 2.26. The molecule has 19 heavy (non-hydrogen) atoms. The number of pyridine rings is 1. The first kappa shape index (κ1) is 15.4. The van der Waals surface area contributed by atoms with Crippen molar-refractivity contribution in [3.63, 3.8) is 0 Å². The number of amidine groups is 1. The van der Waals surface area contributed by atoms with Gasteiger partial charge in [-0.25, -0.2) is 4.98 Å². The zero-order valence-corrected chi connectivity index (χ0v) is 12.6. The number of aromatic nitrogens is 1. The second-order valence-corrected chi connectivity index (χ2v) is 5.27. The van der Waals surface area contributed by atoms with Gasteiger partial charge in [0, 0.05) is 19.3 Å². The highest BCUT2D eigenvalue weighted by molar-refractivity contribution is 6.01. The molecular weight excluding hydrogens is 238 g/mol. The molecule has 0 amide bonds. The minimum absolute atomic E-state index is 0.0828. The van der Waals surface area contributed by atoms with Crippen LogP contribution in [0, 0.1) is 19.3 Å². The Morgan fingerprint density at radius 1 is 1.26 bits per heavy atom. The summed E-state index contributed by atoms with van der Waals surface area (Å²) in [5.41, 5.74) is 8.40. The number of aryl methyl sites for hydroxylation is 2. The van der Waals surface area contributed by atoms with Crippen LogP contribution >= 0.6 is 0 Å².